The van der Waals surface area contributed by atoms with Crippen LogP contribution in [0.5, 0.6) is 11.5 Å². The van der Waals surface area contributed by atoms with Crippen LogP contribution < -0.4 is 14.8 Å². The van der Waals surface area contributed by atoms with Crippen molar-refractivity contribution in [1.29, 1.82) is 0 Å². The molecule has 28 heavy (non-hydrogen) atoms. The Morgan fingerprint density at radius 2 is 1.86 bits per heavy atom. The average Bonchev–Trinajstić information content (AvgIpc) is 3.22. The van der Waals surface area contributed by atoms with Crippen molar-refractivity contribution in [2.45, 2.75) is 51.7 Å². The number of benzene rings is 1. The lowest BCUT2D eigenvalue weighted by Gasteiger charge is -2.34. The maximum atomic E-state index is 12.5. The van der Waals surface area contributed by atoms with Crippen LogP contribution in [0.2, 0.25) is 0 Å². The number of carbonyl (C=O) groups excluding carboxylic acids is 1. The summed E-state index contributed by atoms with van der Waals surface area (Å²) in [7, 11) is 1.64. The van der Waals surface area contributed by atoms with E-state index in [4.69, 9.17) is 9.47 Å². The molecular weight excluding hydrogens is 354 g/mol. The van der Waals surface area contributed by atoms with Crippen LogP contribution in [0, 0.1) is 0 Å². The maximum Gasteiger partial charge on any atom is 0.251 e. The fourth-order valence-electron chi connectivity index (χ4n) is 4.04. The molecule has 2 fully saturated rings. The minimum atomic E-state index is -0.0543. The summed E-state index contributed by atoms with van der Waals surface area (Å²) in [4.78, 5) is 17.4. The molecule has 2 aliphatic heterocycles. The Morgan fingerprint density at radius 3 is 2.50 bits per heavy atom. The highest BCUT2D eigenvalue weighted by molar-refractivity contribution is 5.94. The summed E-state index contributed by atoms with van der Waals surface area (Å²) >= 11 is 0. The second-order valence-electron chi connectivity index (χ2n) is 8.12. The molecule has 6 heteroatoms. The zero-order valence-electron chi connectivity index (χ0n) is 17.6. The van der Waals surface area contributed by atoms with Crippen molar-refractivity contribution in [1.82, 2.24) is 15.1 Å². The summed E-state index contributed by atoms with van der Waals surface area (Å²) in [5.74, 6) is 1.29. The number of nitrogens with one attached hydrogen (secondary N) is 1. The van der Waals surface area contributed by atoms with Crippen LogP contribution in [-0.2, 0) is 0 Å². The summed E-state index contributed by atoms with van der Waals surface area (Å²) in [5, 5.41) is 3.03. The first kappa shape index (κ1) is 20.9. The van der Waals surface area contributed by atoms with Crippen LogP contribution in [0.4, 0.5) is 0 Å². The van der Waals surface area contributed by atoms with E-state index < -0.39 is 0 Å². The molecule has 6 nitrogen and oxygen atoms in total. The first-order valence-electron chi connectivity index (χ1n) is 10.7. The number of rotatable bonds is 8. The highest BCUT2D eigenvalue weighted by Crippen LogP contribution is 2.31. The Morgan fingerprint density at radius 1 is 1.14 bits per heavy atom. The third kappa shape index (κ3) is 5.61. The standard InChI is InChI=1S/C22H35N3O3/c1-17(2)25-13-8-19(9-14-25)28-21-16-18(6-7-20(21)27-3)22(26)23-10-15-24-11-4-5-12-24/h6-7,16-17,19H,4-5,8-15H2,1-3H3,(H,23,26). The van der Waals surface area contributed by atoms with Crippen molar-refractivity contribution in [2.24, 2.45) is 0 Å². The van der Waals surface area contributed by atoms with Gasteiger partial charge in [0.15, 0.2) is 11.5 Å². The van der Waals surface area contributed by atoms with Gasteiger partial charge in [-0.05, 0) is 70.8 Å². The second-order valence-corrected chi connectivity index (χ2v) is 8.12. The van der Waals surface area contributed by atoms with Gasteiger partial charge in [0.2, 0.25) is 0 Å². The molecule has 0 bridgehead atoms. The molecule has 0 aliphatic carbocycles. The Hall–Kier alpha value is -1.79. The molecule has 2 aliphatic rings. The average molecular weight is 390 g/mol. The Labute approximate surface area is 169 Å². The highest BCUT2D eigenvalue weighted by atomic mass is 16.5. The first-order chi connectivity index (χ1) is 13.6. The normalized spacial score (nSPS) is 19.1. The van der Waals surface area contributed by atoms with Gasteiger partial charge in [0, 0.05) is 37.8 Å². The van der Waals surface area contributed by atoms with E-state index in [0.717, 1.165) is 45.6 Å². The lowest BCUT2D eigenvalue weighted by Crippen LogP contribution is -2.41. The van der Waals surface area contributed by atoms with Crippen LogP contribution >= 0.6 is 0 Å². The number of nitrogens with zero attached hydrogens (tertiary/aromatic N) is 2. The number of methoxy groups -OCH3 is 1. The van der Waals surface area contributed by atoms with Gasteiger partial charge in [-0.1, -0.05) is 0 Å². The summed E-state index contributed by atoms with van der Waals surface area (Å²) in [6.07, 6.45) is 4.69. The molecule has 0 saturated carbocycles. The largest absolute Gasteiger partial charge is 0.493 e. The molecule has 0 radical (unpaired) electrons. The first-order valence-corrected chi connectivity index (χ1v) is 10.7. The molecule has 0 spiro atoms. The van der Waals surface area contributed by atoms with Gasteiger partial charge in [-0.2, -0.15) is 0 Å². The minimum Gasteiger partial charge on any atom is -0.493 e. The van der Waals surface area contributed by atoms with Gasteiger partial charge in [-0.15, -0.1) is 0 Å². The number of amides is 1. The van der Waals surface area contributed by atoms with E-state index in [1.54, 1.807) is 13.2 Å². The summed E-state index contributed by atoms with van der Waals surface area (Å²) < 4.78 is 11.7. The highest BCUT2D eigenvalue weighted by Gasteiger charge is 2.23. The minimum absolute atomic E-state index is 0.0543. The van der Waals surface area contributed by atoms with E-state index >= 15 is 0 Å². The van der Waals surface area contributed by atoms with Crippen LogP contribution in [0.3, 0.4) is 0 Å². The van der Waals surface area contributed by atoms with Crippen LogP contribution in [0.1, 0.15) is 49.9 Å². The van der Waals surface area contributed by atoms with Crippen LogP contribution in [-0.4, -0.2) is 74.2 Å². The number of piperidine rings is 1. The molecule has 2 heterocycles. The molecule has 156 valence electrons. The summed E-state index contributed by atoms with van der Waals surface area (Å²) in [6, 6.07) is 6.02. The number of ether oxygens (including phenoxy) is 2. The molecule has 0 aromatic heterocycles. The van der Waals surface area contributed by atoms with Gasteiger partial charge < -0.3 is 24.6 Å². The van der Waals surface area contributed by atoms with Crippen LogP contribution in [0.25, 0.3) is 0 Å². The third-order valence-electron chi connectivity index (χ3n) is 5.84. The number of hydrogen-bond donors (Lipinski definition) is 1. The van der Waals surface area contributed by atoms with E-state index in [-0.39, 0.29) is 12.0 Å². The van der Waals surface area contributed by atoms with E-state index in [2.05, 4.69) is 29.0 Å². The fraction of sp³-hybridized carbons (Fsp3) is 0.682. The topological polar surface area (TPSA) is 54.0 Å². The molecule has 3 rings (SSSR count). The number of likely N-dealkylation sites (tertiary alicyclic amines) is 2. The number of hydrogen-bond acceptors (Lipinski definition) is 5. The van der Waals surface area contributed by atoms with Crippen molar-refractivity contribution in [2.75, 3.05) is 46.4 Å². The lowest BCUT2D eigenvalue weighted by atomic mass is 10.1. The molecule has 0 unspecified atom stereocenters. The lowest BCUT2D eigenvalue weighted by molar-refractivity contribution is 0.0819. The quantitative estimate of drug-likeness (QED) is 0.741. The summed E-state index contributed by atoms with van der Waals surface area (Å²) in [5.41, 5.74) is 0.622. The van der Waals surface area contributed by atoms with E-state index in [1.165, 1.54) is 12.8 Å². The third-order valence-corrected chi connectivity index (χ3v) is 5.84. The molecule has 2 saturated heterocycles. The SMILES string of the molecule is COc1ccc(C(=O)NCCN2CCCC2)cc1OC1CCN(C(C)C)CC1. The Bertz CT molecular complexity index is 636. The monoisotopic (exact) mass is 389 g/mol. The molecular formula is C22H35N3O3. The molecule has 1 aromatic rings. The van der Waals surface area contributed by atoms with Gasteiger partial charge in [-0.3, -0.25) is 4.79 Å². The van der Waals surface area contributed by atoms with E-state index in [0.29, 0.717) is 29.6 Å². The Kier molecular flexibility index (Phi) is 7.57. The van der Waals surface area contributed by atoms with Crippen molar-refractivity contribution < 1.29 is 14.3 Å². The smallest absolute Gasteiger partial charge is 0.251 e. The van der Waals surface area contributed by atoms with Gasteiger partial charge >= 0.3 is 0 Å². The molecule has 0 atom stereocenters. The molecule has 1 aromatic carbocycles. The fourth-order valence-corrected chi connectivity index (χ4v) is 4.04. The van der Waals surface area contributed by atoms with Gasteiger partial charge in [0.25, 0.3) is 5.91 Å². The van der Waals surface area contributed by atoms with Gasteiger partial charge in [0.05, 0.1) is 7.11 Å². The second kappa shape index (κ2) is 10.1. The number of carbonyl (C=O) groups is 1. The zero-order chi connectivity index (χ0) is 19.9. The van der Waals surface area contributed by atoms with Gasteiger partial charge in [-0.25, -0.2) is 0 Å². The maximum absolute atomic E-state index is 12.5. The van der Waals surface area contributed by atoms with Crippen molar-refractivity contribution >= 4 is 5.91 Å². The Balaban J connectivity index is 1.56. The molecule has 1 amide bonds. The predicted octanol–water partition coefficient (Wildman–Crippen LogP) is 2.77. The van der Waals surface area contributed by atoms with Crippen LogP contribution in [0.15, 0.2) is 18.2 Å². The molecule has 1 N–H and O–H groups in total. The van der Waals surface area contributed by atoms with E-state index in [9.17, 15) is 4.79 Å². The predicted molar refractivity (Wildman–Crippen MR) is 111 cm³/mol. The van der Waals surface area contributed by atoms with Crippen molar-refractivity contribution in [3.63, 3.8) is 0 Å². The van der Waals surface area contributed by atoms with Crippen molar-refractivity contribution in [3.05, 3.63) is 23.8 Å². The zero-order valence-corrected chi connectivity index (χ0v) is 17.6. The summed E-state index contributed by atoms with van der Waals surface area (Å²) in [6.45, 7) is 10.4. The van der Waals surface area contributed by atoms with Gasteiger partial charge in [0.1, 0.15) is 6.10 Å². The van der Waals surface area contributed by atoms with E-state index in [1.807, 2.05) is 12.1 Å². The van der Waals surface area contributed by atoms with Crippen molar-refractivity contribution in [3.8, 4) is 11.5 Å².